The summed E-state index contributed by atoms with van der Waals surface area (Å²) in [6.07, 6.45) is 0.964. The van der Waals surface area contributed by atoms with Crippen molar-refractivity contribution in [3.63, 3.8) is 0 Å². The van der Waals surface area contributed by atoms with E-state index in [0.29, 0.717) is 18.7 Å². The monoisotopic (exact) mass is 273 g/mol. The van der Waals surface area contributed by atoms with E-state index in [9.17, 15) is 9.90 Å². The molecule has 2 atom stereocenters. The Morgan fingerprint density at radius 3 is 2.75 bits per heavy atom. The van der Waals surface area contributed by atoms with Crippen LogP contribution in [0.2, 0.25) is 0 Å². The maximum Gasteiger partial charge on any atom is 0.274 e. The lowest BCUT2D eigenvalue weighted by Crippen LogP contribution is -2.33. The summed E-state index contributed by atoms with van der Waals surface area (Å²) < 4.78 is 1.76. The zero-order chi connectivity index (χ0) is 14.3. The Morgan fingerprint density at radius 2 is 2.10 bits per heavy atom. The number of hydrogen-bond donors (Lipinski definition) is 1. The summed E-state index contributed by atoms with van der Waals surface area (Å²) in [7, 11) is 1.84. The average Bonchev–Trinajstić information content (AvgIpc) is 2.78. The van der Waals surface area contributed by atoms with Crippen molar-refractivity contribution in [1.82, 2.24) is 14.5 Å². The molecule has 1 N–H and O–H groups in total. The van der Waals surface area contributed by atoms with Crippen LogP contribution in [0.5, 0.6) is 0 Å². The fourth-order valence-corrected chi connectivity index (χ4v) is 2.99. The van der Waals surface area contributed by atoms with Gasteiger partial charge in [0.1, 0.15) is 11.9 Å². The Bertz CT molecular complexity index is 695. The number of likely N-dealkylation sites (tertiary alicyclic amines) is 1. The van der Waals surface area contributed by atoms with E-state index in [2.05, 4.69) is 4.98 Å². The Labute approximate surface area is 117 Å². The quantitative estimate of drug-likeness (QED) is 0.901. The van der Waals surface area contributed by atoms with E-state index in [1.165, 1.54) is 0 Å². The molecule has 2 unspecified atom stereocenters. The highest BCUT2D eigenvalue weighted by Crippen LogP contribution is 2.31. The van der Waals surface area contributed by atoms with Gasteiger partial charge in [0, 0.05) is 6.54 Å². The van der Waals surface area contributed by atoms with Crippen LogP contribution in [0.1, 0.15) is 31.5 Å². The van der Waals surface area contributed by atoms with Gasteiger partial charge in [-0.2, -0.15) is 0 Å². The highest BCUT2D eigenvalue weighted by molar-refractivity contribution is 5.74. The van der Waals surface area contributed by atoms with Crippen LogP contribution < -0.4 is 5.56 Å². The van der Waals surface area contributed by atoms with Crippen molar-refractivity contribution in [3.8, 4) is 0 Å². The van der Waals surface area contributed by atoms with Crippen LogP contribution in [0.15, 0.2) is 29.1 Å². The van der Waals surface area contributed by atoms with E-state index >= 15 is 0 Å². The second-order valence-electron chi connectivity index (χ2n) is 5.27. The average molecular weight is 273 g/mol. The molecule has 1 aliphatic heterocycles. The molecule has 5 nitrogen and oxygen atoms in total. The second kappa shape index (κ2) is 5.00. The molecule has 1 aromatic heterocycles. The van der Waals surface area contributed by atoms with Crippen molar-refractivity contribution < 1.29 is 5.11 Å². The number of aliphatic hydroxyl groups excluding tert-OH is 1. The van der Waals surface area contributed by atoms with Gasteiger partial charge in [-0.05, 0) is 38.9 Å². The summed E-state index contributed by atoms with van der Waals surface area (Å²) in [5.41, 5.74) is 2.20. The van der Waals surface area contributed by atoms with Crippen molar-refractivity contribution in [2.45, 2.75) is 38.6 Å². The van der Waals surface area contributed by atoms with Gasteiger partial charge in [-0.15, -0.1) is 0 Å². The normalized spacial score (nSPS) is 23.6. The number of para-hydroxylation sites is 2. The third-order valence-corrected chi connectivity index (χ3v) is 4.17. The molecule has 1 saturated heterocycles. The van der Waals surface area contributed by atoms with Gasteiger partial charge >= 0.3 is 0 Å². The molecule has 1 aliphatic rings. The number of hydrogen-bond acceptors (Lipinski definition) is 4. The Kier molecular flexibility index (Phi) is 3.31. The van der Waals surface area contributed by atoms with Crippen molar-refractivity contribution in [2.75, 3.05) is 7.05 Å². The molecule has 0 aliphatic carbocycles. The molecule has 2 heterocycles. The standard InChI is InChI=1S/C15H19N3O2/c1-3-18-11-7-5-4-6-10(11)16-14(15(18)20)12-8-9-13(19)17(12)2/h4-7,12-13,19H,3,8-9H2,1-2H3. The van der Waals surface area contributed by atoms with E-state index in [1.807, 2.05) is 43.1 Å². The number of aryl methyl sites for hydroxylation is 1. The summed E-state index contributed by atoms with van der Waals surface area (Å²) in [4.78, 5) is 19.0. The largest absolute Gasteiger partial charge is 0.378 e. The molecule has 0 saturated carbocycles. The van der Waals surface area contributed by atoms with Gasteiger partial charge in [-0.3, -0.25) is 9.69 Å². The lowest BCUT2D eigenvalue weighted by Gasteiger charge is -2.22. The summed E-state index contributed by atoms with van der Waals surface area (Å²) in [5.74, 6) is 0. The van der Waals surface area contributed by atoms with Gasteiger partial charge in [-0.1, -0.05) is 12.1 Å². The first-order valence-electron chi connectivity index (χ1n) is 7.03. The lowest BCUT2D eigenvalue weighted by molar-refractivity contribution is 0.0363. The fourth-order valence-electron chi connectivity index (χ4n) is 2.99. The summed E-state index contributed by atoms with van der Waals surface area (Å²) in [6, 6.07) is 7.59. The first kappa shape index (κ1) is 13.3. The number of nitrogens with zero attached hydrogens (tertiary/aromatic N) is 3. The third-order valence-electron chi connectivity index (χ3n) is 4.17. The maximum atomic E-state index is 12.6. The lowest BCUT2D eigenvalue weighted by atomic mass is 10.1. The Hall–Kier alpha value is -1.72. The fraction of sp³-hybridized carbons (Fsp3) is 0.467. The van der Waals surface area contributed by atoms with Crippen LogP contribution in [-0.4, -0.2) is 32.8 Å². The first-order valence-corrected chi connectivity index (χ1v) is 7.03. The van der Waals surface area contributed by atoms with E-state index in [-0.39, 0.29) is 11.6 Å². The third kappa shape index (κ3) is 1.94. The molecule has 0 spiro atoms. The summed E-state index contributed by atoms with van der Waals surface area (Å²) in [6.45, 7) is 2.58. The van der Waals surface area contributed by atoms with Crippen LogP contribution >= 0.6 is 0 Å². The van der Waals surface area contributed by atoms with Gasteiger partial charge < -0.3 is 9.67 Å². The molecule has 3 rings (SSSR count). The van der Waals surface area contributed by atoms with Crippen LogP contribution in [0.3, 0.4) is 0 Å². The Morgan fingerprint density at radius 1 is 1.35 bits per heavy atom. The van der Waals surface area contributed by atoms with E-state index < -0.39 is 6.23 Å². The maximum absolute atomic E-state index is 12.6. The smallest absolute Gasteiger partial charge is 0.274 e. The number of rotatable bonds is 2. The topological polar surface area (TPSA) is 58.4 Å². The van der Waals surface area contributed by atoms with Crippen LogP contribution in [-0.2, 0) is 6.54 Å². The highest BCUT2D eigenvalue weighted by atomic mass is 16.3. The minimum Gasteiger partial charge on any atom is -0.378 e. The van der Waals surface area contributed by atoms with Crippen LogP contribution in [0.4, 0.5) is 0 Å². The molecule has 20 heavy (non-hydrogen) atoms. The van der Waals surface area contributed by atoms with E-state index in [0.717, 1.165) is 17.5 Å². The minimum absolute atomic E-state index is 0.0443. The molecule has 1 aromatic carbocycles. The van der Waals surface area contributed by atoms with Gasteiger partial charge in [-0.25, -0.2) is 4.98 Å². The molecular formula is C15H19N3O2. The molecule has 0 amide bonds. The molecule has 1 fully saturated rings. The van der Waals surface area contributed by atoms with Gasteiger partial charge in [0.2, 0.25) is 0 Å². The Balaban J connectivity index is 2.22. The van der Waals surface area contributed by atoms with Crippen molar-refractivity contribution >= 4 is 11.0 Å². The number of aliphatic hydroxyl groups is 1. The zero-order valence-electron chi connectivity index (χ0n) is 11.8. The summed E-state index contributed by atoms with van der Waals surface area (Å²) >= 11 is 0. The van der Waals surface area contributed by atoms with Crippen molar-refractivity contribution in [1.29, 1.82) is 0 Å². The molecule has 106 valence electrons. The predicted octanol–water partition coefficient (Wildman–Crippen LogP) is 1.50. The highest BCUT2D eigenvalue weighted by Gasteiger charge is 2.33. The van der Waals surface area contributed by atoms with Crippen molar-refractivity contribution in [2.24, 2.45) is 0 Å². The minimum atomic E-state index is -0.484. The molecule has 5 heteroatoms. The van der Waals surface area contributed by atoms with Gasteiger partial charge in [0.25, 0.3) is 5.56 Å². The number of fused-ring (bicyclic) bond motifs is 1. The van der Waals surface area contributed by atoms with Crippen LogP contribution in [0.25, 0.3) is 11.0 Å². The number of aromatic nitrogens is 2. The van der Waals surface area contributed by atoms with Crippen molar-refractivity contribution in [3.05, 3.63) is 40.3 Å². The number of benzene rings is 1. The molecule has 2 aromatic rings. The van der Waals surface area contributed by atoms with E-state index in [4.69, 9.17) is 0 Å². The second-order valence-corrected chi connectivity index (χ2v) is 5.27. The SMILES string of the molecule is CCn1c(=O)c(C2CCC(O)N2C)nc2ccccc21. The van der Waals surface area contributed by atoms with Gasteiger partial charge in [0.05, 0.1) is 17.1 Å². The first-order chi connectivity index (χ1) is 9.63. The summed E-state index contributed by atoms with van der Waals surface area (Å²) in [5, 5.41) is 9.85. The van der Waals surface area contributed by atoms with Crippen LogP contribution in [0, 0.1) is 0 Å². The zero-order valence-corrected chi connectivity index (χ0v) is 11.8. The molecule has 0 bridgehead atoms. The van der Waals surface area contributed by atoms with E-state index in [1.54, 1.807) is 4.57 Å². The van der Waals surface area contributed by atoms with Gasteiger partial charge in [0.15, 0.2) is 0 Å². The molecular weight excluding hydrogens is 254 g/mol. The molecule has 0 radical (unpaired) electrons. The predicted molar refractivity (Wildman–Crippen MR) is 77.4 cm³/mol.